The van der Waals surface area contributed by atoms with Crippen LogP contribution in [0.3, 0.4) is 0 Å². The number of aryl methyl sites for hydroxylation is 2. The molecule has 0 bridgehead atoms. The smallest absolute Gasteiger partial charge is 0.132 e. The van der Waals surface area contributed by atoms with Crippen molar-refractivity contribution in [1.29, 1.82) is 0 Å². The number of ether oxygens (including phenoxy) is 1. The first-order valence-corrected chi connectivity index (χ1v) is 8.27. The highest BCUT2D eigenvalue weighted by molar-refractivity contribution is 5.77. The first-order chi connectivity index (χ1) is 10.0. The molecule has 2 nitrogen and oxygen atoms in total. The van der Waals surface area contributed by atoms with Crippen LogP contribution in [0.2, 0.25) is 0 Å². The van der Waals surface area contributed by atoms with Crippen molar-refractivity contribution < 1.29 is 9.53 Å². The standard InChI is InChI=1S/C19H30O2/c1-5-18(20)10-8-6-7-9-17-13-19(12-11-16(17)4)21-14-15(2)3/h11-13,15H,5-10,14H2,1-4H3. The van der Waals surface area contributed by atoms with E-state index in [4.69, 9.17) is 4.74 Å². The molecule has 0 unspecified atom stereocenters. The summed E-state index contributed by atoms with van der Waals surface area (Å²) in [5, 5.41) is 0. The van der Waals surface area contributed by atoms with Gasteiger partial charge in [0.1, 0.15) is 11.5 Å². The van der Waals surface area contributed by atoms with Crippen LogP contribution < -0.4 is 4.74 Å². The molecule has 0 saturated carbocycles. The quantitative estimate of drug-likeness (QED) is 0.560. The van der Waals surface area contributed by atoms with Crippen molar-refractivity contribution in [1.82, 2.24) is 0 Å². The lowest BCUT2D eigenvalue weighted by atomic mass is 10.0. The van der Waals surface area contributed by atoms with Crippen LogP contribution in [0.4, 0.5) is 0 Å². The van der Waals surface area contributed by atoms with Gasteiger partial charge in [0.05, 0.1) is 6.61 Å². The summed E-state index contributed by atoms with van der Waals surface area (Å²) < 4.78 is 5.79. The highest BCUT2D eigenvalue weighted by atomic mass is 16.5. The Bertz CT molecular complexity index is 435. The minimum absolute atomic E-state index is 0.385. The Balaban J connectivity index is 2.39. The predicted molar refractivity (Wildman–Crippen MR) is 89.0 cm³/mol. The topological polar surface area (TPSA) is 26.3 Å². The second-order valence-electron chi connectivity index (χ2n) is 6.25. The first-order valence-electron chi connectivity index (χ1n) is 8.27. The van der Waals surface area contributed by atoms with Crippen LogP contribution in [0, 0.1) is 12.8 Å². The van der Waals surface area contributed by atoms with Gasteiger partial charge in [-0.1, -0.05) is 33.3 Å². The minimum Gasteiger partial charge on any atom is -0.493 e. The third-order valence-electron chi connectivity index (χ3n) is 3.70. The summed E-state index contributed by atoms with van der Waals surface area (Å²) in [6.07, 6.45) is 5.79. The van der Waals surface area contributed by atoms with Crippen LogP contribution in [0.15, 0.2) is 18.2 Å². The maximum Gasteiger partial charge on any atom is 0.132 e. The number of benzene rings is 1. The molecule has 1 aromatic carbocycles. The maximum atomic E-state index is 11.3. The summed E-state index contributed by atoms with van der Waals surface area (Å²) in [7, 11) is 0. The SMILES string of the molecule is CCC(=O)CCCCCc1cc(OCC(C)C)ccc1C. The Labute approximate surface area is 129 Å². The molecule has 0 atom stereocenters. The van der Waals surface area contributed by atoms with Gasteiger partial charge in [-0.05, 0) is 55.4 Å². The number of rotatable bonds is 10. The fourth-order valence-corrected chi connectivity index (χ4v) is 2.26. The van der Waals surface area contributed by atoms with Crippen molar-refractivity contribution in [3.05, 3.63) is 29.3 Å². The molecule has 0 N–H and O–H groups in total. The number of hydrogen-bond acceptors (Lipinski definition) is 2. The molecule has 0 aliphatic heterocycles. The Kier molecular flexibility index (Phi) is 8.11. The fraction of sp³-hybridized carbons (Fsp3) is 0.632. The van der Waals surface area contributed by atoms with Gasteiger partial charge >= 0.3 is 0 Å². The largest absolute Gasteiger partial charge is 0.493 e. The molecule has 1 rings (SSSR count). The average Bonchev–Trinajstić information content (AvgIpc) is 2.46. The van der Waals surface area contributed by atoms with Crippen molar-refractivity contribution in [2.45, 2.75) is 66.2 Å². The van der Waals surface area contributed by atoms with E-state index in [0.717, 1.165) is 44.5 Å². The highest BCUT2D eigenvalue weighted by Gasteiger charge is 2.04. The van der Waals surface area contributed by atoms with Crippen LogP contribution in [0.1, 0.15) is 64.0 Å². The number of carbonyl (C=O) groups is 1. The van der Waals surface area contributed by atoms with Gasteiger partial charge in [-0.25, -0.2) is 0 Å². The normalized spacial score (nSPS) is 10.9. The predicted octanol–water partition coefficient (Wildman–Crippen LogP) is 5.11. The summed E-state index contributed by atoms with van der Waals surface area (Å²) in [5.41, 5.74) is 2.70. The van der Waals surface area contributed by atoms with Crippen LogP contribution in [-0.4, -0.2) is 12.4 Å². The van der Waals surface area contributed by atoms with Gasteiger partial charge in [0.15, 0.2) is 0 Å². The van der Waals surface area contributed by atoms with Gasteiger partial charge in [-0.2, -0.15) is 0 Å². The lowest BCUT2D eigenvalue weighted by molar-refractivity contribution is -0.118. The molecule has 21 heavy (non-hydrogen) atoms. The molecular formula is C19H30O2. The van der Waals surface area contributed by atoms with Crippen LogP contribution in [0.5, 0.6) is 5.75 Å². The Morgan fingerprint density at radius 2 is 1.95 bits per heavy atom. The lowest BCUT2D eigenvalue weighted by Crippen LogP contribution is -2.05. The van der Waals surface area contributed by atoms with Crippen molar-refractivity contribution in [3.8, 4) is 5.75 Å². The number of Topliss-reactive ketones (excluding diaryl/α,β-unsaturated/α-hetero) is 1. The number of ketones is 1. The minimum atomic E-state index is 0.385. The summed E-state index contributed by atoms with van der Waals surface area (Å²) >= 11 is 0. The molecule has 0 aliphatic carbocycles. The zero-order valence-electron chi connectivity index (χ0n) is 14.1. The van der Waals surface area contributed by atoms with E-state index in [1.165, 1.54) is 11.1 Å². The summed E-state index contributed by atoms with van der Waals surface area (Å²) in [6.45, 7) is 9.18. The van der Waals surface area contributed by atoms with Gasteiger partial charge in [0.2, 0.25) is 0 Å². The third-order valence-corrected chi connectivity index (χ3v) is 3.70. The molecule has 0 fully saturated rings. The van der Waals surface area contributed by atoms with Crippen molar-refractivity contribution >= 4 is 5.78 Å². The second-order valence-corrected chi connectivity index (χ2v) is 6.25. The highest BCUT2D eigenvalue weighted by Crippen LogP contribution is 2.20. The van der Waals surface area contributed by atoms with Gasteiger partial charge in [-0.3, -0.25) is 4.79 Å². The lowest BCUT2D eigenvalue weighted by Gasteiger charge is -2.12. The molecule has 0 heterocycles. The molecule has 0 aromatic heterocycles. The van der Waals surface area contributed by atoms with E-state index in [9.17, 15) is 4.79 Å². The van der Waals surface area contributed by atoms with Gasteiger partial charge in [0, 0.05) is 12.8 Å². The number of unbranched alkanes of at least 4 members (excludes halogenated alkanes) is 2. The number of carbonyl (C=O) groups excluding carboxylic acids is 1. The summed E-state index contributed by atoms with van der Waals surface area (Å²) in [4.78, 5) is 11.3. The maximum absolute atomic E-state index is 11.3. The Hall–Kier alpha value is -1.31. The van der Waals surface area contributed by atoms with E-state index >= 15 is 0 Å². The summed E-state index contributed by atoms with van der Waals surface area (Å²) in [5.74, 6) is 1.91. The molecule has 0 saturated heterocycles. The Morgan fingerprint density at radius 1 is 1.19 bits per heavy atom. The van der Waals surface area contributed by atoms with Crippen LogP contribution >= 0.6 is 0 Å². The van der Waals surface area contributed by atoms with E-state index in [1.54, 1.807) is 0 Å². The second kappa shape index (κ2) is 9.59. The molecule has 1 aromatic rings. The zero-order valence-corrected chi connectivity index (χ0v) is 14.1. The van der Waals surface area contributed by atoms with Crippen LogP contribution in [-0.2, 0) is 11.2 Å². The van der Waals surface area contributed by atoms with E-state index in [-0.39, 0.29) is 0 Å². The third kappa shape index (κ3) is 7.31. The van der Waals surface area contributed by atoms with E-state index in [0.29, 0.717) is 18.1 Å². The summed E-state index contributed by atoms with van der Waals surface area (Å²) in [6, 6.07) is 6.38. The molecule has 0 spiro atoms. The van der Waals surface area contributed by atoms with E-state index in [2.05, 4.69) is 39.0 Å². The Morgan fingerprint density at radius 3 is 2.62 bits per heavy atom. The zero-order chi connectivity index (χ0) is 15.7. The van der Waals surface area contributed by atoms with Crippen molar-refractivity contribution in [2.75, 3.05) is 6.61 Å². The van der Waals surface area contributed by atoms with Crippen molar-refractivity contribution in [3.63, 3.8) is 0 Å². The van der Waals surface area contributed by atoms with Crippen LogP contribution in [0.25, 0.3) is 0 Å². The van der Waals surface area contributed by atoms with Gasteiger partial charge in [-0.15, -0.1) is 0 Å². The average molecular weight is 290 g/mol. The van der Waals surface area contributed by atoms with Gasteiger partial charge < -0.3 is 4.74 Å². The molecule has 0 aliphatic rings. The fourth-order valence-electron chi connectivity index (χ4n) is 2.26. The van der Waals surface area contributed by atoms with E-state index in [1.807, 2.05) is 6.92 Å². The van der Waals surface area contributed by atoms with E-state index < -0.39 is 0 Å². The molecule has 2 heteroatoms. The molecular weight excluding hydrogens is 260 g/mol. The first kappa shape index (κ1) is 17.7. The number of hydrogen-bond donors (Lipinski definition) is 0. The van der Waals surface area contributed by atoms with Gasteiger partial charge in [0.25, 0.3) is 0 Å². The monoisotopic (exact) mass is 290 g/mol. The molecule has 118 valence electrons. The molecule has 0 radical (unpaired) electrons. The molecule has 0 amide bonds. The van der Waals surface area contributed by atoms with Crippen molar-refractivity contribution in [2.24, 2.45) is 5.92 Å².